The highest BCUT2D eigenvalue weighted by Crippen LogP contribution is 2.39. The Morgan fingerprint density at radius 2 is 2.47 bits per heavy atom. The van der Waals surface area contributed by atoms with Crippen LogP contribution in [0.3, 0.4) is 0 Å². The van der Waals surface area contributed by atoms with Gasteiger partial charge in [-0.15, -0.1) is 0 Å². The molecule has 6 heteroatoms. The first kappa shape index (κ1) is 13.5. The molecule has 0 radical (unpaired) electrons. The maximum absolute atomic E-state index is 13.7. The molecule has 0 saturated carbocycles. The molecule has 2 saturated heterocycles. The Morgan fingerprint density at radius 1 is 1.58 bits per heavy atom. The molecule has 2 aliphatic rings. The van der Waals surface area contributed by atoms with Crippen LogP contribution in [0, 0.1) is 5.82 Å². The second-order valence-corrected chi connectivity index (χ2v) is 6.69. The van der Waals surface area contributed by atoms with E-state index in [4.69, 9.17) is 16.3 Å². The Morgan fingerprint density at radius 3 is 3.21 bits per heavy atom. The quantitative estimate of drug-likeness (QED) is 0.908. The van der Waals surface area contributed by atoms with Gasteiger partial charge in [-0.2, -0.15) is 11.8 Å². The molecule has 1 N–H and O–H groups in total. The molecule has 0 bridgehead atoms. The molecule has 2 fully saturated rings. The number of rotatable bonds is 2. The molecule has 1 aromatic heterocycles. The third-order valence-electron chi connectivity index (χ3n) is 3.71. The van der Waals surface area contributed by atoms with Crippen molar-refractivity contribution in [1.29, 1.82) is 0 Å². The molecule has 0 amide bonds. The summed E-state index contributed by atoms with van der Waals surface area (Å²) in [5.74, 6) is 2.09. The van der Waals surface area contributed by atoms with Crippen LogP contribution in [-0.4, -0.2) is 34.7 Å². The maximum atomic E-state index is 13.7. The first-order chi connectivity index (χ1) is 9.17. The third-order valence-corrected chi connectivity index (χ3v) is 5.14. The van der Waals surface area contributed by atoms with Crippen LogP contribution in [0.2, 0.25) is 5.02 Å². The van der Waals surface area contributed by atoms with Gasteiger partial charge in [-0.3, -0.25) is 0 Å². The normalized spacial score (nSPS) is 30.7. The summed E-state index contributed by atoms with van der Waals surface area (Å²) in [7, 11) is 0. The topological polar surface area (TPSA) is 34.2 Å². The Kier molecular flexibility index (Phi) is 3.87. The summed E-state index contributed by atoms with van der Waals surface area (Å²) in [4.78, 5) is 4.02. The fourth-order valence-corrected chi connectivity index (χ4v) is 4.25. The SMILES string of the molecule is Fc1cc(Cl)cnc1NC1CCOC2(CCSC2)C1. The molecule has 3 rings (SSSR count). The number of nitrogens with zero attached hydrogens (tertiary/aromatic N) is 1. The Labute approximate surface area is 121 Å². The van der Waals surface area contributed by atoms with Gasteiger partial charge >= 0.3 is 0 Å². The Bertz CT molecular complexity index is 468. The van der Waals surface area contributed by atoms with Crippen molar-refractivity contribution in [2.24, 2.45) is 0 Å². The number of halogens is 2. The van der Waals surface area contributed by atoms with Crippen molar-refractivity contribution in [2.45, 2.75) is 30.9 Å². The molecule has 19 heavy (non-hydrogen) atoms. The molecule has 0 aliphatic carbocycles. The lowest BCUT2D eigenvalue weighted by Gasteiger charge is -2.38. The van der Waals surface area contributed by atoms with Crippen molar-refractivity contribution < 1.29 is 9.13 Å². The fourth-order valence-electron chi connectivity index (χ4n) is 2.73. The molecule has 104 valence electrons. The number of anilines is 1. The molecular weight excluding hydrogens is 287 g/mol. The van der Waals surface area contributed by atoms with Gasteiger partial charge in [-0.25, -0.2) is 9.37 Å². The van der Waals surface area contributed by atoms with Gasteiger partial charge in [0.2, 0.25) is 0 Å². The molecule has 2 atom stereocenters. The Balaban J connectivity index is 1.69. The van der Waals surface area contributed by atoms with Crippen LogP contribution in [0.1, 0.15) is 19.3 Å². The van der Waals surface area contributed by atoms with E-state index in [1.165, 1.54) is 12.3 Å². The molecular formula is C13H16ClFN2OS. The minimum absolute atomic E-state index is 0.0104. The second-order valence-electron chi connectivity index (χ2n) is 5.15. The van der Waals surface area contributed by atoms with E-state index in [1.807, 2.05) is 11.8 Å². The van der Waals surface area contributed by atoms with Crippen LogP contribution >= 0.6 is 23.4 Å². The minimum Gasteiger partial charge on any atom is -0.374 e. The zero-order chi connectivity index (χ0) is 13.3. The molecule has 0 aromatic carbocycles. The van der Waals surface area contributed by atoms with Gasteiger partial charge in [0, 0.05) is 24.6 Å². The van der Waals surface area contributed by atoms with Crippen LogP contribution in [-0.2, 0) is 4.74 Å². The highest BCUT2D eigenvalue weighted by molar-refractivity contribution is 7.99. The minimum atomic E-state index is -0.395. The highest BCUT2D eigenvalue weighted by atomic mass is 35.5. The van der Waals surface area contributed by atoms with E-state index < -0.39 is 5.82 Å². The third kappa shape index (κ3) is 2.98. The van der Waals surface area contributed by atoms with Crippen molar-refractivity contribution in [2.75, 3.05) is 23.4 Å². The number of ether oxygens (including phenoxy) is 1. The van der Waals surface area contributed by atoms with Gasteiger partial charge in [-0.05, 0) is 31.1 Å². The van der Waals surface area contributed by atoms with E-state index in [-0.39, 0.29) is 17.5 Å². The standard InChI is InChI=1S/C13H16ClFN2OS/c14-9-5-11(15)12(16-7-9)17-10-1-3-18-13(6-10)2-4-19-8-13/h5,7,10H,1-4,6,8H2,(H,16,17). The van der Waals surface area contributed by atoms with Crippen molar-refractivity contribution in [3.63, 3.8) is 0 Å². The van der Waals surface area contributed by atoms with Crippen molar-refractivity contribution in [3.05, 3.63) is 23.1 Å². The number of hydrogen-bond donors (Lipinski definition) is 1. The lowest BCUT2D eigenvalue weighted by molar-refractivity contribution is -0.0628. The van der Waals surface area contributed by atoms with Crippen molar-refractivity contribution >= 4 is 29.2 Å². The fraction of sp³-hybridized carbons (Fsp3) is 0.615. The van der Waals surface area contributed by atoms with Crippen molar-refractivity contribution in [1.82, 2.24) is 4.98 Å². The predicted octanol–water partition coefficient (Wildman–Crippen LogP) is 3.34. The molecule has 1 aromatic rings. The first-order valence-electron chi connectivity index (χ1n) is 6.46. The van der Waals surface area contributed by atoms with Gasteiger partial charge in [0.15, 0.2) is 11.6 Å². The van der Waals surface area contributed by atoms with Crippen LogP contribution in [0.15, 0.2) is 12.3 Å². The summed E-state index contributed by atoms with van der Waals surface area (Å²) in [6.07, 6.45) is 4.36. The van der Waals surface area contributed by atoms with E-state index in [2.05, 4.69) is 10.3 Å². The zero-order valence-electron chi connectivity index (χ0n) is 10.5. The van der Waals surface area contributed by atoms with Gasteiger partial charge < -0.3 is 10.1 Å². The average Bonchev–Trinajstić information content (AvgIpc) is 2.81. The van der Waals surface area contributed by atoms with Crippen LogP contribution in [0.5, 0.6) is 0 Å². The monoisotopic (exact) mass is 302 g/mol. The summed E-state index contributed by atoms with van der Waals surface area (Å²) in [6, 6.07) is 1.51. The Hall–Kier alpha value is -0.520. The van der Waals surface area contributed by atoms with Crippen LogP contribution in [0.4, 0.5) is 10.2 Å². The predicted molar refractivity (Wildman–Crippen MR) is 76.5 cm³/mol. The molecule has 1 spiro atoms. The molecule has 2 unspecified atom stereocenters. The number of pyridine rings is 1. The van der Waals surface area contributed by atoms with E-state index in [1.54, 1.807) is 0 Å². The van der Waals surface area contributed by atoms with E-state index in [0.29, 0.717) is 5.02 Å². The second kappa shape index (κ2) is 5.46. The largest absolute Gasteiger partial charge is 0.374 e. The smallest absolute Gasteiger partial charge is 0.166 e. The number of aromatic nitrogens is 1. The molecule has 3 nitrogen and oxygen atoms in total. The van der Waals surface area contributed by atoms with Gasteiger partial charge in [0.25, 0.3) is 0 Å². The van der Waals surface area contributed by atoms with Gasteiger partial charge in [-0.1, -0.05) is 11.6 Å². The summed E-state index contributed by atoms with van der Waals surface area (Å²) < 4.78 is 19.7. The summed E-state index contributed by atoms with van der Waals surface area (Å²) in [5.41, 5.74) is -0.0104. The number of nitrogens with one attached hydrogen (secondary N) is 1. The average molecular weight is 303 g/mol. The lowest BCUT2D eigenvalue weighted by Crippen LogP contribution is -2.44. The lowest BCUT2D eigenvalue weighted by atomic mass is 9.90. The van der Waals surface area contributed by atoms with Gasteiger partial charge in [0.1, 0.15) is 0 Å². The molecule has 3 heterocycles. The maximum Gasteiger partial charge on any atom is 0.166 e. The van der Waals surface area contributed by atoms with Gasteiger partial charge in [0.05, 0.1) is 10.6 Å². The summed E-state index contributed by atoms with van der Waals surface area (Å²) in [5, 5.41) is 3.51. The van der Waals surface area contributed by atoms with E-state index in [0.717, 1.165) is 37.4 Å². The number of thioether (sulfide) groups is 1. The van der Waals surface area contributed by atoms with Crippen LogP contribution in [0.25, 0.3) is 0 Å². The number of hydrogen-bond acceptors (Lipinski definition) is 4. The first-order valence-corrected chi connectivity index (χ1v) is 7.99. The zero-order valence-corrected chi connectivity index (χ0v) is 12.1. The summed E-state index contributed by atoms with van der Waals surface area (Å²) >= 11 is 7.64. The van der Waals surface area contributed by atoms with E-state index in [9.17, 15) is 4.39 Å². The van der Waals surface area contributed by atoms with Crippen molar-refractivity contribution in [3.8, 4) is 0 Å². The highest BCUT2D eigenvalue weighted by Gasteiger charge is 2.40. The van der Waals surface area contributed by atoms with Crippen LogP contribution < -0.4 is 5.32 Å². The molecule has 2 aliphatic heterocycles. The van der Waals surface area contributed by atoms with E-state index >= 15 is 0 Å². The summed E-state index contributed by atoms with van der Waals surface area (Å²) in [6.45, 7) is 0.730.